The van der Waals surface area contributed by atoms with Crippen LogP contribution in [0.25, 0.3) is 11.0 Å². The van der Waals surface area contributed by atoms with E-state index < -0.39 is 5.92 Å². The molecule has 32 heavy (non-hydrogen) atoms. The summed E-state index contributed by atoms with van der Waals surface area (Å²) in [5.74, 6) is -1.45. The molecule has 1 fully saturated rings. The summed E-state index contributed by atoms with van der Waals surface area (Å²) in [6.07, 6.45) is 3.62. The van der Waals surface area contributed by atoms with Crippen LogP contribution in [0, 0.1) is 0 Å². The lowest BCUT2D eigenvalue weighted by Gasteiger charge is -2.35. The summed E-state index contributed by atoms with van der Waals surface area (Å²) < 4.78 is 32.7. The van der Waals surface area contributed by atoms with E-state index in [1.165, 1.54) is 17.8 Å². The molecule has 0 spiro atoms. The zero-order valence-corrected chi connectivity index (χ0v) is 17.7. The van der Waals surface area contributed by atoms with Gasteiger partial charge >= 0.3 is 0 Å². The van der Waals surface area contributed by atoms with Crippen LogP contribution >= 0.6 is 0 Å². The van der Waals surface area contributed by atoms with Gasteiger partial charge in [0.1, 0.15) is 5.82 Å². The molecule has 0 aliphatic carbocycles. The van der Waals surface area contributed by atoms with E-state index in [9.17, 15) is 8.78 Å². The second-order valence-electron chi connectivity index (χ2n) is 8.06. The van der Waals surface area contributed by atoms with Crippen molar-refractivity contribution in [1.29, 1.82) is 0 Å². The zero-order chi connectivity index (χ0) is 22.1. The monoisotopic (exact) mass is 435 g/mol. The summed E-state index contributed by atoms with van der Waals surface area (Å²) in [4.78, 5) is 8.48. The van der Waals surface area contributed by atoms with E-state index in [0.29, 0.717) is 38.4 Å². The zero-order valence-electron chi connectivity index (χ0n) is 17.7. The molecule has 0 N–H and O–H groups in total. The van der Waals surface area contributed by atoms with Crippen LogP contribution in [-0.2, 0) is 12.3 Å². The van der Waals surface area contributed by atoms with Gasteiger partial charge in [0.2, 0.25) is 0 Å². The van der Waals surface area contributed by atoms with Crippen LogP contribution in [0.5, 0.6) is 0 Å². The van der Waals surface area contributed by atoms with E-state index >= 15 is 0 Å². The number of halogens is 2. The molecule has 0 amide bonds. The fraction of sp³-hybridized carbons (Fsp3) is 0.292. The molecule has 0 radical (unpaired) electrons. The summed E-state index contributed by atoms with van der Waals surface area (Å²) in [5, 5.41) is 9.98. The number of rotatable bonds is 5. The summed E-state index contributed by atoms with van der Waals surface area (Å²) in [6.45, 7) is 3.69. The SMILES string of the molecule is CC(F)(F)c1ccc(N2CCN(c3nnc(Cc4ccccc4)c4ccoc34)CC2)nc1. The van der Waals surface area contributed by atoms with Crippen molar-refractivity contribution in [3.05, 3.63) is 77.8 Å². The lowest BCUT2D eigenvalue weighted by Crippen LogP contribution is -2.47. The van der Waals surface area contributed by atoms with Crippen molar-refractivity contribution in [2.75, 3.05) is 36.0 Å². The quantitative estimate of drug-likeness (QED) is 0.455. The van der Waals surface area contributed by atoms with E-state index in [1.807, 2.05) is 24.3 Å². The van der Waals surface area contributed by atoms with Crippen molar-refractivity contribution in [2.45, 2.75) is 19.3 Å². The molecule has 6 nitrogen and oxygen atoms in total. The van der Waals surface area contributed by atoms with Crippen LogP contribution < -0.4 is 9.80 Å². The van der Waals surface area contributed by atoms with Crippen LogP contribution in [0.15, 0.2) is 65.4 Å². The highest BCUT2D eigenvalue weighted by Crippen LogP contribution is 2.30. The largest absolute Gasteiger partial charge is 0.460 e. The summed E-state index contributed by atoms with van der Waals surface area (Å²) >= 11 is 0. The van der Waals surface area contributed by atoms with E-state index in [4.69, 9.17) is 4.42 Å². The minimum atomic E-state index is -2.88. The molecule has 0 bridgehead atoms. The number of anilines is 2. The second kappa shape index (κ2) is 8.18. The first-order valence-corrected chi connectivity index (χ1v) is 10.6. The van der Waals surface area contributed by atoms with Gasteiger partial charge in [0, 0.05) is 56.7 Å². The molecule has 5 rings (SSSR count). The molecule has 164 valence electrons. The van der Waals surface area contributed by atoms with Crippen molar-refractivity contribution in [1.82, 2.24) is 15.2 Å². The summed E-state index contributed by atoms with van der Waals surface area (Å²) in [5.41, 5.74) is 2.72. The number of benzene rings is 1. The Morgan fingerprint density at radius 2 is 1.69 bits per heavy atom. The number of hydrogen-bond donors (Lipinski definition) is 0. The van der Waals surface area contributed by atoms with E-state index in [2.05, 4.69) is 37.1 Å². The number of pyridine rings is 1. The van der Waals surface area contributed by atoms with E-state index in [-0.39, 0.29) is 5.56 Å². The van der Waals surface area contributed by atoms with Gasteiger partial charge in [0.15, 0.2) is 11.4 Å². The molecular formula is C24H23F2N5O. The van der Waals surface area contributed by atoms with Gasteiger partial charge in [-0.25, -0.2) is 13.8 Å². The van der Waals surface area contributed by atoms with Gasteiger partial charge in [-0.3, -0.25) is 0 Å². The second-order valence-corrected chi connectivity index (χ2v) is 8.06. The topological polar surface area (TPSA) is 58.3 Å². The van der Waals surface area contributed by atoms with Crippen LogP contribution in [0.4, 0.5) is 20.4 Å². The fourth-order valence-corrected chi connectivity index (χ4v) is 4.02. The molecular weight excluding hydrogens is 412 g/mol. The Kier molecular flexibility index (Phi) is 5.20. The average molecular weight is 435 g/mol. The lowest BCUT2D eigenvalue weighted by atomic mass is 10.1. The standard InChI is InChI=1S/C24H23F2N5O/c1-24(25,26)18-7-8-21(27-16-18)30-10-12-31(13-11-30)23-22-19(9-14-32-22)20(28-29-23)15-17-5-3-2-4-6-17/h2-9,14,16H,10-13,15H2,1H3. The van der Waals surface area contributed by atoms with Crippen molar-refractivity contribution in [3.8, 4) is 0 Å². The van der Waals surface area contributed by atoms with Crippen molar-refractivity contribution in [2.24, 2.45) is 0 Å². The summed E-state index contributed by atoms with van der Waals surface area (Å²) in [7, 11) is 0. The maximum Gasteiger partial charge on any atom is 0.272 e. The number of furan rings is 1. The Morgan fingerprint density at radius 3 is 2.38 bits per heavy atom. The van der Waals surface area contributed by atoms with Gasteiger partial charge in [0.05, 0.1) is 12.0 Å². The molecule has 4 aromatic rings. The third-order valence-corrected chi connectivity index (χ3v) is 5.82. The maximum absolute atomic E-state index is 13.4. The van der Waals surface area contributed by atoms with E-state index in [1.54, 1.807) is 12.3 Å². The first-order chi connectivity index (χ1) is 15.5. The molecule has 0 saturated carbocycles. The highest BCUT2D eigenvalue weighted by Gasteiger charge is 2.26. The average Bonchev–Trinajstić information content (AvgIpc) is 3.30. The van der Waals surface area contributed by atoms with Crippen molar-refractivity contribution >= 4 is 22.6 Å². The molecule has 4 heterocycles. The van der Waals surface area contributed by atoms with Crippen molar-refractivity contribution < 1.29 is 13.2 Å². The number of hydrogen-bond acceptors (Lipinski definition) is 6. The highest BCUT2D eigenvalue weighted by molar-refractivity contribution is 5.88. The third-order valence-electron chi connectivity index (χ3n) is 5.82. The minimum absolute atomic E-state index is 0.0778. The molecule has 1 aromatic carbocycles. The van der Waals surface area contributed by atoms with Gasteiger partial charge in [0.25, 0.3) is 5.92 Å². The molecule has 8 heteroatoms. The van der Waals surface area contributed by atoms with Gasteiger partial charge in [-0.05, 0) is 23.8 Å². The molecule has 0 unspecified atom stereocenters. The molecule has 1 saturated heterocycles. The molecule has 3 aromatic heterocycles. The first kappa shape index (κ1) is 20.4. The Morgan fingerprint density at radius 1 is 0.938 bits per heavy atom. The van der Waals surface area contributed by atoms with E-state index in [0.717, 1.165) is 29.4 Å². The minimum Gasteiger partial charge on any atom is -0.460 e. The number of aromatic nitrogens is 3. The van der Waals surface area contributed by atoms with Gasteiger partial charge in [-0.1, -0.05) is 30.3 Å². The Labute approximate surface area is 184 Å². The predicted octanol–water partition coefficient (Wildman–Crippen LogP) is 4.65. The summed E-state index contributed by atoms with van der Waals surface area (Å²) in [6, 6.07) is 15.2. The predicted molar refractivity (Wildman–Crippen MR) is 119 cm³/mol. The number of piperazine rings is 1. The molecule has 0 atom stereocenters. The Balaban J connectivity index is 1.31. The number of alkyl halides is 2. The fourth-order valence-electron chi connectivity index (χ4n) is 4.02. The number of fused-ring (bicyclic) bond motifs is 1. The lowest BCUT2D eigenvalue weighted by molar-refractivity contribution is 0.0171. The van der Waals surface area contributed by atoms with Gasteiger partial charge in [-0.15, -0.1) is 5.10 Å². The maximum atomic E-state index is 13.4. The molecule has 1 aliphatic heterocycles. The first-order valence-electron chi connectivity index (χ1n) is 10.6. The Bertz CT molecular complexity index is 1200. The van der Waals surface area contributed by atoms with Crippen LogP contribution in [0.2, 0.25) is 0 Å². The van der Waals surface area contributed by atoms with Gasteiger partial charge < -0.3 is 14.2 Å². The van der Waals surface area contributed by atoms with Crippen LogP contribution in [0.3, 0.4) is 0 Å². The number of nitrogens with zero attached hydrogens (tertiary/aromatic N) is 5. The van der Waals surface area contributed by atoms with Gasteiger partial charge in [-0.2, -0.15) is 5.10 Å². The van der Waals surface area contributed by atoms with Crippen LogP contribution in [0.1, 0.15) is 23.7 Å². The van der Waals surface area contributed by atoms with Crippen molar-refractivity contribution in [3.63, 3.8) is 0 Å². The smallest absolute Gasteiger partial charge is 0.272 e. The normalized spacial score (nSPS) is 14.8. The molecule has 1 aliphatic rings. The van der Waals surface area contributed by atoms with Crippen LogP contribution in [-0.4, -0.2) is 41.4 Å². The highest BCUT2D eigenvalue weighted by atomic mass is 19.3. The third kappa shape index (κ3) is 4.00. The Hall–Kier alpha value is -3.55.